The van der Waals surface area contributed by atoms with Crippen molar-refractivity contribution in [2.45, 2.75) is 38.6 Å². The minimum atomic E-state index is -3.62. The average Bonchev–Trinajstić information content (AvgIpc) is 2.83. The van der Waals surface area contributed by atoms with Crippen LogP contribution in [0.5, 0.6) is 0 Å². The van der Waals surface area contributed by atoms with Crippen molar-refractivity contribution in [2.75, 3.05) is 7.05 Å². The zero-order chi connectivity index (χ0) is 15.8. The largest absolute Gasteiger partial charge is 0.338 e. The second-order valence-corrected chi connectivity index (χ2v) is 7.11. The van der Waals surface area contributed by atoms with E-state index in [-0.39, 0.29) is 5.89 Å². The number of aryl methyl sites for hydroxylation is 3. The second-order valence-electron chi connectivity index (χ2n) is 5.15. The topological polar surface area (TPSA) is 76.3 Å². The van der Waals surface area contributed by atoms with Gasteiger partial charge in [-0.25, -0.2) is 8.42 Å². The van der Waals surface area contributed by atoms with Crippen LogP contribution >= 0.6 is 0 Å². The van der Waals surface area contributed by atoms with Gasteiger partial charge in [0, 0.05) is 7.05 Å². The van der Waals surface area contributed by atoms with Gasteiger partial charge in [0.25, 0.3) is 0 Å². The summed E-state index contributed by atoms with van der Waals surface area (Å²) < 4.78 is 31.8. The smallest absolute Gasteiger partial charge is 0.244 e. The van der Waals surface area contributed by atoms with Crippen molar-refractivity contribution in [3.8, 4) is 0 Å². The lowest BCUT2D eigenvalue weighted by molar-refractivity contribution is 0.289. The molecule has 0 saturated heterocycles. The van der Waals surface area contributed by atoms with Crippen LogP contribution in [0, 0.1) is 20.8 Å². The summed E-state index contributed by atoms with van der Waals surface area (Å²) in [5.41, 5.74) is 1.74. The number of benzene rings is 1. The Hall–Kier alpha value is -1.73. The highest BCUT2D eigenvalue weighted by molar-refractivity contribution is 7.89. The van der Waals surface area contributed by atoms with Crippen LogP contribution in [0.25, 0.3) is 0 Å². The van der Waals surface area contributed by atoms with E-state index < -0.39 is 16.1 Å². The van der Waals surface area contributed by atoms with Crippen LogP contribution in [0.1, 0.15) is 35.8 Å². The van der Waals surface area contributed by atoms with Gasteiger partial charge in [0.05, 0.1) is 4.90 Å². The predicted octanol–water partition coefficient (Wildman–Crippen LogP) is 2.38. The number of aromatic nitrogens is 2. The normalized spacial score (nSPS) is 13.6. The summed E-state index contributed by atoms with van der Waals surface area (Å²) in [7, 11) is -2.11. The van der Waals surface area contributed by atoms with Gasteiger partial charge in [-0.15, -0.1) is 0 Å². The number of hydrogen-bond donors (Lipinski definition) is 0. The molecule has 0 radical (unpaired) electrons. The molecule has 0 N–H and O–H groups in total. The number of nitrogens with zero attached hydrogens (tertiary/aromatic N) is 3. The van der Waals surface area contributed by atoms with Gasteiger partial charge in [-0.3, -0.25) is 0 Å². The van der Waals surface area contributed by atoms with Crippen molar-refractivity contribution in [2.24, 2.45) is 0 Å². The van der Waals surface area contributed by atoms with E-state index in [1.807, 2.05) is 13.0 Å². The summed E-state index contributed by atoms with van der Waals surface area (Å²) in [5.74, 6) is 0.762. The first-order chi connectivity index (χ1) is 9.73. The Morgan fingerprint density at radius 3 is 2.43 bits per heavy atom. The molecule has 0 spiro atoms. The molecule has 0 aliphatic rings. The average molecular weight is 309 g/mol. The first-order valence-corrected chi connectivity index (χ1v) is 8.03. The summed E-state index contributed by atoms with van der Waals surface area (Å²) in [4.78, 5) is 4.38. The summed E-state index contributed by atoms with van der Waals surface area (Å²) in [6.07, 6.45) is 0. The van der Waals surface area contributed by atoms with E-state index in [1.165, 1.54) is 11.4 Å². The Labute approximate surface area is 124 Å². The molecule has 1 aromatic carbocycles. The molecule has 0 saturated carbocycles. The molecule has 1 aromatic heterocycles. The Bertz CT molecular complexity index is 753. The van der Waals surface area contributed by atoms with Crippen molar-refractivity contribution in [3.63, 3.8) is 0 Å². The van der Waals surface area contributed by atoms with Gasteiger partial charge >= 0.3 is 0 Å². The minimum Gasteiger partial charge on any atom is -0.338 e. The van der Waals surface area contributed by atoms with E-state index in [1.54, 1.807) is 32.9 Å². The van der Waals surface area contributed by atoms with Crippen LogP contribution in [-0.2, 0) is 10.0 Å². The quantitative estimate of drug-likeness (QED) is 0.866. The molecule has 0 bridgehead atoms. The molecule has 0 fully saturated rings. The van der Waals surface area contributed by atoms with E-state index in [2.05, 4.69) is 10.1 Å². The molecule has 2 rings (SSSR count). The maximum absolute atomic E-state index is 12.7. The van der Waals surface area contributed by atoms with E-state index in [0.29, 0.717) is 10.7 Å². The van der Waals surface area contributed by atoms with Crippen LogP contribution in [0.15, 0.2) is 27.6 Å². The van der Waals surface area contributed by atoms with Gasteiger partial charge in [0.1, 0.15) is 6.04 Å². The Morgan fingerprint density at radius 1 is 1.24 bits per heavy atom. The summed E-state index contributed by atoms with van der Waals surface area (Å²) >= 11 is 0. The highest BCUT2D eigenvalue weighted by atomic mass is 32.2. The van der Waals surface area contributed by atoms with Gasteiger partial charge in [-0.05, 0) is 39.3 Å². The lowest BCUT2D eigenvalue weighted by atomic mass is 10.2. The first kappa shape index (κ1) is 15.7. The third kappa shape index (κ3) is 2.98. The van der Waals surface area contributed by atoms with E-state index in [4.69, 9.17) is 4.52 Å². The third-order valence-corrected chi connectivity index (χ3v) is 5.52. The van der Waals surface area contributed by atoms with Gasteiger partial charge in [0.15, 0.2) is 5.82 Å². The third-order valence-electron chi connectivity index (χ3n) is 3.43. The van der Waals surface area contributed by atoms with Gasteiger partial charge in [-0.2, -0.15) is 9.29 Å². The predicted molar refractivity (Wildman–Crippen MR) is 78.3 cm³/mol. The van der Waals surface area contributed by atoms with Crippen LogP contribution in [0.4, 0.5) is 0 Å². The summed E-state index contributed by atoms with van der Waals surface area (Å²) in [5, 5.41) is 3.70. The molecule has 114 valence electrons. The van der Waals surface area contributed by atoms with Crippen LogP contribution in [-0.4, -0.2) is 29.9 Å². The summed E-state index contributed by atoms with van der Waals surface area (Å²) in [6.45, 7) is 7.12. The zero-order valence-electron chi connectivity index (χ0n) is 12.8. The lowest BCUT2D eigenvalue weighted by Crippen LogP contribution is -2.30. The first-order valence-electron chi connectivity index (χ1n) is 6.59. The SMILES string of the molecule is Cc1ccc(S(=O)(=O)N(C)C(C)c2nc(C)no2)c(C)c1. The van der Waals surface area contributed by atoms with Crippen LogP contribution in [0.2, 0.25) is 0 Å². The minimum absolute atomic E-state index is 0.281. The molecular formula is C14H19N3O3S. The number of sulfonamides is 1. The fraction of sp³-hybridized carbons (Fsp3) is 0.429. The lowest BCUT2D eigenvalue weighted by Gasteiger charge is -2.22. The molecule has 0 aliphatic heterocycles. The van der Waals surface area contributed by atoms with Gasteiger partial charge in [-0.1, -0.05) is 22.9 Å². The molecule has 2 aromatic rings. The highest BCUT2D eigenvalue weighted by Gasteiger charge is 2.30. The van der Waals surface area contributed by atoms with Gasteiger partial charge < -0.3 is 4.52 Å². The van der Waals surface area contributed by atoms with E-state index in [9.17, 15) is 8.42 Å². The van der Waals surface area contributed by atoms with E-state index >= 15 is 0 Å². The van der Waals surface area contributed by atoms with E-state index in [0.717, 1.165) is 11.1 Å². The van der Waals surface area contributed by atoms with Gasteiger partial charge in [0.2, 0.25) is 15.9 Å². The van der Waals surface area contributed by atoms with Crippen molar-refractivity contribution >= 4 is 10.0 Å². The zero-order valence-corrected chi connectivity index (χ0v) is 13.6. The Balaban J connectivity index is 2.38. The van der Waals surface area contributed by atoms with Crippen molar-refractivity contribution in [1.29, 1.82) is 0 Å². The molecule has 1 heterocycles. The fourth-order valence-electron chi connectivity index (χ4n) is 2.09. The standard InChI is InChI=1S/C14H19N3O3S/c1-9-6-7-13(10(2)8-9)21(18,19)17(5)11(3)14-15-12(4)16-20-14/h6-8,11H,1-5H3. The van der Waals surface area contributed by atoms with Crippen molar-refractivity contribution in [3.05, 3.63) is 41.0 Å². The highest BCUT2D eigenvalue weighted by Crippen LogP contribution is 2.26. The van der Waals surface area contributed by atoms with Crippen LogP contribution in [0.3, 0.4) is 0 Å². The Kier molecular flexibility index (Phi) is 4.15. The van der Waals surface area contributed by atoms with Crippen molar-refractivity contribution in [1.82, 2.24) is 14.4 Å². The molecular weight excluding hydrogens is 290 g/mol. The van der Waals surface area contributed by atoms with Crippen molar-refractivity contribution < 1.29 is 12.9 Å². The molecule has 1 atom stereocenters. The number of hydrogen-bond acceptors (Lipinski definition) is 5. The molecule has 0 aliphatic carbocycles. The number of rotatable bonds is 4. The second kappa shape index (κ2) is 5.57. The fourth-order valence-corrected chi connectivity index (χ4v) is 3.61. The Morgan fingerprint density at radius 2 is 1.90 bits per heavy atom. The maximum atomic E-state index is 12.7. The monoisotopic (exact) mass is 309 g/mol. The molecule has 1 unspecified atom stereocenters. The molecule has 7 heteroatoms. The summed E-state index contributed by atoms with van der Waals surface area (Å²) in [6, 6.07) is 4.73. The molecule has 6 nitrogen and oxygen atoms in total. The van der Waals surface area contributed by atoms with Crippen LogP contribution < -0.4 is 0 Å². The molecule has 0 amide bonds. The maximum Gasteiger partial charge on any atom is 0.244 e. The molecule has 21 heavy (non-hydrogen) atoms.